The fraction of sp³-hybridized carbons (Fsp3) is 1.00. The van der Waals surface area contributed by atoms with Crippen LogP contribution in [-0.4, -0.2) is 38.0 Å². The second kappa shape index (κ2) is 8.93. The van der Waals surface area contributed by atoms with Crippen LogP contribution < -0.4 is 5.32 Å². The van der Waals surface area contributed by atoms with Gasteiger partial charge in [-0.15, -0.1) is 0 Å². The molecule has 0 aliphatic carbocycles. The quantitative estimate of drug-likeness (QED) is 0.659. The highest BCUT2D eigenvalue weighted by atomic mass is 16.5. The Balaban J connectivity index is 2.27. The molecule has 3 heteroatoms. The standard InChI is InChI=1S/C16H33NO2/c1-5-11-17-14(13-16(2,3)18-4)8-6-9-15-10-7-12-19-15/h14-15,17H,5-13H2,1-4H3. The minimum Gasteiger partial charge on any atom is -0.379 e. The largest absolute Gasteiger partial charge is 0.379 e. The minimum absolute atomic E-state index is 0.0325. The van der Waals surface area contributed by atoms with Gasteiger partial charge in [-0.2, -0.15) is 0 Å². The summed E-state index contributed by atoms with van der Waals surface area (Å²) in [5, 5.41) is 3.66. The molecule has 0 aromatic carbocycles. The molecule has 0 amide bonds. The van der Waals surface area contributed by atoms with Crippen molar-refractivity contribution in [1.29, 1.82) is 0 Å². The molecule has 1 fully saturated rings. The first kappa shape index (κ1) is 16.9. The van der Waals surface area contributed by atoms with E-state index in [2.05, 4.69) is 26.1 Å². The molecule has 0 radical (unpaired) electrons. The zero-order valence-corrected chi connectivity index (χ0v) is 13.3. The van der Waals surface area contributed by atoms with Crippen LogP contribution in [-0.2, 0) is 9.47 Å². The van der Waals surface area contributed by atoms with Gasteiger partial charge >= 0.3 is 0 Å². The van der Waals surface area contributed by atoms with Crippen molar-refractivity contribution in [3.05, 3.63) is 0 Å². The Hall–Kier alpha value is -0.120. The molecular weight excluding hydrogens is 238 g/mol. The van der Waals surface area contributed by atoms with Crippen LogP contribution in [0, 0.1) is 0 Å². The van der Waals surface area contributed by atoms with Crippen LogP contribution in [0.4, 0.5) is 0 Å². The Bertz CT molecular complexity index is 225. The van der Waals surface area contributed by atoms with Crippen LogP contribution in [0.2, 0.25) is 0 Å². The van der Waals surface area contributed by atoms with Crippen LogP contribution >= 0.6 is 0 Å². The summed E-state index contributed by atoms with van der Waals surface area (Å²) in [4.78, 5) is 0. The third-order valence-electron chi connectivity index (χ3n) is 4.08. The lowest BCUT2D eigenvalue weighted by Gasteiger charge is -2.29. The first-order valence-electron chi connectivity index (χ1n) is 7.97. The van der Waals surface area contributed by atoms with Gasteiger partial charge < -0.3 is 14.8 Å². The van der Waals surface area contributed by atoms with Crippen LogP contribution in [0.25, 0.3) is 0 Å². The fourth-order valence-corrected chi connectivity index (χ4v) is 2.77. The molecule has 0 aromatic rings. The molecule has 2 atom stereocenters. The second-order valence-electron chi connectivity index (χ2n) is 6.38. The molecule has 1 saturated heterocycles. The van der Waals surface area contributed by atoms with E-state index in [1.54, 1.807) is 0 Å². The van der Waals surface area contributed by atoms with Gasteiger partial charge in [0.1, 0.15) is 0 Å². The predicted molar refractivity (Wildman–Crippen MR) is 80.6 cm³/mol. The molecule has 0 saturated carbocycles. The minimum atomic E-state index is -0.0325. The summed E-state index contributed by atoms with van der Waals surface area (Å²) in [6.07, 6.45) is 9.01. The third kappa shape index (κ3) is 7.28. The van der Waals surface area contributed by atoms with Gasteiger partial charge in [0, 0.05) is 19.8 Å². The van der Waals surface area contributed by atoms with Gasteiger partial charge in [0.2, 0.25) is 0 Å². The average Bonchev–Trinajstić information content (AvgIpc) is 2.88. The van der Waals surface area contributed by atoms with Gasteiger partial charge in [-0.1, -0.05) is 6.92 Å². The van der Waals surface area contributed by atoms with E-state index in [4.69, 9.17) is 9.47 Å². The Labute approximate surface area is 119 Å². The molecule has 2 unspecified atom stereocenters. The molecular formula is C16H33NO2. The number of nitrogens with one attached hydrogen (secondary N) is 1. The smallest absolute Gasteiger partial charge is 0.0637 e. The van der Waals surface area contributed by atoms with Gasteiger partial charge in [0.15, 0.2) is 0 Å². The Morgan fingerprint density at radius 1 is 1.42 bits per heavy atom. The van der Waals surface area contributed by atoms with Crippen LogP contribution in [0.1, 0.15) is 65.7 Å². The van der Waals surface area contributed by atoms with Crippen molar-refractivity contribution in [2.45, 2.75) is 83.5 Å². The molecule has 0 spiro atoms. The third-order valence-corrected chi connectivity index (χ3v) is 4.08. The highest BCUT2D eigenvalue weighted by Gasteiger charge is 2.23. The van der Waals surface area contributed by atoms with Gasteiger partial charge in [-0.3, -0.25) is 0 Å². The second-order valence-corrected chi connectivity index (χ2v) is 6.38. The van der Waals surface area contributed by atoms with Crippen molar-refractivity contribution in [2.24, 2.45) is 0 Å². The fourth-order valence-electron chi connectivity index (χ4n) is 2.77. The topological polar surface area (TPSA) is 30.5 Å². The maximum atomic E-state index is 5.69. The zero-order chi connectivity index (χ0) is 14.1. The van der Waals surface area contributed by atoms with E-state index < -0.39 is 0 Å². The molecule has 1 aliphatic heterocycles. The number of ether oxygens (including phenoxy) is 2. The summed E-state index contributed by atoms with van der Waals surface area (Å²) in [5.74, 6) is 0. The molecule has 3 nitrogen and oxygen atoms in total. The van der Waals surface area contributed by atoms with E-state index >= 15 is 0 Å². The van der Waals surface area contributed by atoms with E-state index in [-0.39, 0.29) is 5.60 Å². The van der Waals surface area contributed by atoms with Crippen LogP contribution in [0.5, 0.6) is 0 Å². The first-order chi connectivity index (χ1) is 9.07. The van der Waals surface area contributed by atoms with Crippen molar-refractivity contribution in [3.63, 3.8) is 0 Å². The van der Waals surface area contributed by atoms with Gasteiger partial charge in [0.25, 0.3) is 0 Å². The van der Waals surface area contributed by atoms with Crippen molar-refractivity contribution in [1.82, 2.24) is 5.32 Å². The molecule has 1 rings (SSSR count). The monoisotopic (exact) mass is 271 g/mol. The molecule has 0 bridgehead atoms. The first-order valence-corrected chi connectivity index (χ1v) is 7.97. The average molecular weight is 271 g/mol. The van der Waals surface area contributed by atoms with E-state index in [0.29, 0.717) is 12.1 Å². The van der Waals surface area contributed by atoms with Crippen LogP contribution in [0.3, 0.4) is 0 Å². The molecule has 0 aromatic heterocycles. The maximum Gasteiger partial charge on any atom is 0.0637 e. The van der Waals surface area contributed by atoms with Gasteiger partial charge in [-0.05, 0) is 65.3 Å². The Kier molecular flexibility index (Phi) is 7.96. The summed E-state index contributed by atoms with van der Waals surface area (Å²) < 4.78 is 11.3. The van der Waals surface area contributed by atoms with Crippen molar-refractivity contribution in [2.75, 3.05) is 20.3 Å². The number of hydrogen-bond donors (Lipinski definition) is 1. The normalized spacial score (nSPS) is 21.8. The van der Waals surface area contributed by atoms with E-state index in [0.717, 1.165) is 19.6 Å². The summed E-state index contributed by atoms with van der Waals surface area (Å²) >= 11 is 0. The lowest BCUT2D eigenvalue weighted by atomic mass is 9.94. The number of methoxy groups -OCH3 is 1. The maximum absolute atomic E-state index is 5.69. The Morgan fingerprint density at radius 3 is 2.79 bits per heavy atom. The number of rotatable bonds is 10. The van der Waals surface area contributed by atoms with Gasteiger partial charge in [0.05, 0.1) is 11.7 Å². The lowest BCUT2D eigenvalue weighted by Crippen LogP contribution is -2.38. The summed E-state index contributed by atoms with van der Waals surface area (Å²) in [5.41, 5.74) is -0.0325. The highest BCUT2D eigenvalue weighted by molar-refractivity contribution is 4.79. The molecule has 1 heterocycles. The zero-order valence-electron chi connectivity index (χ0n) is 13.3. The van der Waals surface area contributed by atoms with Crippen molar-refractivity contribution >= 4 is 0 Å². The SMILES string of the molecule is CCCNC(CCCC1CCCO1)CC(C)(C)OC. The lowest BCUT2D eigenvalue weighted by molar-refractivity contribution is 0.00584. The summed E-state index contributed by atoms with van der Waals surface area (Å²) in [6, 6.07) is 0.566. The van der Waals surface area contributed by atoms with Crippen LogP contribution in [0.15, 0.2) is 0 Å². The summed E-state index contributed by atoms with van der Waals surface area (Å²) in [7, 11) is 1.81. The molecule has 114 valence electrons. The van der Waals surface area contributed by atoms with Crippen molar-refractivity contribution in [3.8, 4) is 0 Å². The highest BCUT2D eigenvalue weighted by Crippen LogP contribution is 2.22. The van der Waals surface area contributed by atoms with E-state index in [1.165, 1.54) is 38.5 Å². The van der Waals surface area contributed by atoms with E-state index in [9.17, 15) is 0 Å². The summed E-state index contributed by atoms with van der Waals surface area (Å²) in [6.45, 7) is 8.64. The van der Waals surface area contributed by atoms with Gasteiger partial charge in [-0.25, -0.2) is 0 Å². The number of hydrogen-bond acceptors (Lipinski definition) is 3. The van der Waals surface area contributed by atoms with Crippen molar-refractivity contribution < 1.29 is 9.47 Å². The molecule has 1 N–H and O–H groups in total. The molecule has 19 heavy (non-hydrogen) atoms. The molecule has 1 aliphatic rings. The van der Waals surface area contributed by atoms with E-state index in [1.807, 2.05) is 7.11 Å². The predicted octanol–water partition coefficient (Wildman–Crippen LogP) is 3.52. The Morgan fingerprint density at radius 2 is 2.21 bits per heavy atom.